The highest BCUT2D eigenvalue weighted by Gasteiger charge is 2.38. The third-order valence-corrected chi connectivity index (χ3v) is 7.76. The van der Waals surface area contributed by atoms with Gasteiger partial charge < -0.3 is 24.4 Å². The topological polar surface area (TPSA) is 111 Å². The summed E-state index contributed by atoms with van der Waals surface area (Å²) in [7, 11) is 1.93. The van der Waals surface area contributed by atoms with Crippen LogP contribution in [0.25, 0.3) is 11.2 Å². The minimum Gasteiger partial charge on any atom is -0.475 e. The number of anilines is 2. The molecule has 0 saturated carbocycles. The molecule has 41 heavy (non-hydrogen) atoms. The van der Waals surface area contributed by atoms with Crippen molar-refractivity contribution in [2.75, 3.05) is 62.2 Å². The average Bonchev–Trinajstić information content (AvgIpc) is 3.49. The molecule has 0 unspecified atom stereocenters. The van der Waals surface area contributed by atoms with E-state index in [0.717, 1.165) is 62.4 Å². The van der Waals surface area contributed by atoms with Gasteiger partial charge in [-0.3, -0.25) is 9.69 Å². The Balaban J connectivity index is 0.000000493. The molecule has 3 aliphatic heterocycles. The Morgan fingerprint density at radius 2 is 1.78 bits per heavy atom. The van der Waals surface area contributed by atoms with Gasteiger partial charge in [0.25, 0.3) is 6.43 Å². The number of carboxylic acids is 1. The van der Waals surface area contributed by atoms with Crippen LogP contribution in [0.15, 0.2) is 6.33 Å². The molecule has 5 rings (SSSR count). The molecule has 16 heteroatoms. The van der Waals surface area contributed by atoms with Crippen LogP contribution in [0.3, 0.4) is 0 Å². The molecule has 1 N–H and O–H groups in total. The molecule has 228 valence electrons. The van der Waals surface area contributed by atoms with Crippen molar-refractivity contribution in [1.82, 2.24) is 29.3 Å². The van der Waals surface area contributed by atoms with Gasteiger partial charge in [0.2, 0.25) is 11.9 Å². The van der Waals surface area contributed by atoms with Gasteiger partial charge in [-0.25, -0.2) is 18.6 Å². The molecule has 0 bridgehead atoms. The standard InChI is InChI=1S/C23H34F2N8O.C2HF3O2/c1-16-12-33(11-10-31(16)14-18(24)25)22-20-21(29(2)15-26-20)27-23(28-22)30-8-5-17(6-9-30)13-32-7-3-4-19(32)34;3-2(4,5)1(6)7/h15-18H,3-14H2,1-2H3;(H,6,7)/t16-;/m1./s1. The van der Waals surface area contributed by atoms with Crippen molar-refractivity contribution < 1.29 is 36.6 Å². The summed E-state index contributed by atoms with van der Waals surface area (Å²) in [5, 5.41) is 7.12. The first-order valence-corrected chi connectivity index (χ1v) is 13.6. The van der Waals surface area contributed by atoms with E-state index in [1.54, 1.807) is 6.33 Å². The van der Waals surface area contributed by atoms with Crippen molar-refractivity contribution in [1.29, 1.82) is 0 Å². The van der Waals surface area contributed by atoms with Gasteiger partial charge in [0.15, 0.2) is 17.0 Å². The molecule has 2 aromatic heterocycles. The summed E-state index contributed by atoms with van der Waals surface area (Å²) in [6, 6.07) is 0.00368. The second-order valence-corrected chi connectivity index (χ2v) is 10.7. The monoisotopic (exact) mass is 590 g/mol. The maximum Gasteiger partial charge on any atom is 0.490 e. The molecule has 0 aliphatic carbocycles. The van der Waals surface area contributed by atoms with Crippen molar-refractivity contribution >= 4 is 34.8 Å². The number of aryl methyl sites for hydroxylation is 1. The number of aromatic nitrogens is 4. The lowest BCUT2D eigenvalue weighted by Crippen LogP contribution is -2.53. The van der Waals surface area contributed by atoms with E-state index in [1.165, 1.54) is 0 Å². The molecular formula is C25H35F5N8O3. The van der Waals surface area contributed by atoms with E-state index < -0.39 is 18.6 Å². The predicted octanol–water partition coefficient (Wildman–Crippen LogP) is 2.61. The Kier molecular flexibility index (Phi) is 9.49. The number of alkyl halides is 5. The Morgan fingerprint density at radius 1 is 1.10 bits per heavy atom. The van der Waals surface area contributed by atoms with E-state index in [4.69, 9.17) is 19.9 Å². The zero-order valence-corrected chi connectivity index (χ0v) is 23.0. The van der Waals surface area contributed by atoms with Crippen molar-refractivity contribution in [2.24, 2.45) is 13.0 Å². The highest BCUT2D eigenvalue weighted by molar-refractivity contribution is 5.85. The molecule has 5 heterocycles. The number of amides is 1. The van der Waals surface area contributed by atoms with E-state index in [0.29, 0.717) is 43.8 Å². The number of imidazole rings is 1. The summed E-state index contributed by atoms with van der Waals surface area (Å²) in [5.74, 6) is -0.465. The first-order chi connectivity index (χ1) is 19.3. The summed E-state index contributed by atoms with van der Waals surface area (Å²) in [6.45, 7) is 7.09. The van der Waals surface area contributed by atoms with Gasteiger partial charge in [-0.15, -0.1) is 0 Å². The lowest BCUT2D eigenvalue weighted by Gasteiger charge is -2.40. The normalized spacial score (nSPS) is 21.1. The molecular weight excluding hydrogens is 555 g/mol. The SMILES string of the molecule is C[C@@H]1CN(c2nc(N3CCC(CN4CCCC4=O)CC3)nc3c2ncn3C)CCN1CC(F)F.O=C(O)C(F)(F)F. The van der Waals surface area contributed by atoms with Crippen LogP contribution in [-0.4, -0.2) is 117 Å². The Bertz CT molecular complexity index is 1220. The van der Waals surface area contributed by atoms with E-state index in [9.17, 15) is 26.7 Å². The van der Waals surface area contributed by atoms with Crippen LogP contribution in [0.4, 0.5) is 33.7 Å². The first-order valence-electron chi connectivity index (χ1n) is 13.6. The zero-order valence-electron chi connectivity index (χ0n) is 23.0. The summed E-state index contributed by atoms with van der Waals surface area (Å²) in [6.07, 6.45) is -1.97. The van der Waals surface area contributed by atoms with Gasteiger partial charge in [0, 0.05) is 65.3 Å². The molecule has 2 aromatic rings. The van der Waals surface area contributed by atoms with Gasteiger partial charge in [-0.05, 0) is 32.1 Å². The third-order valence-electron chi connectivity index (χ3n) is 7.76. The van der Waals surface area contributed by atoms with Gasteiger partial charge in [-0.1, -0.05) is 0 Å². The highest BCUT2D eigenvalue weighted by atomic mass is 19.4. The van der Waals surface area contributed by atoms with Gasteiger partial charge in [0.05, 0.1) is 12.9 Å². The third kappa shape index (κ3) is 7.51. The number of piperidine rings is 1. The molecule has 3 fully saturated rings. The van der Waals surface area contributed by atoms with Crippen LogP contribution in [-0.2, 0) is 16.6 Å². The molecule has 0 aromatic carbocycles. The average molecular weight is 591 g/mol. The number of rotatable bonds is 6. The van der Waals surface area contributed by atoms with Crippen molar-refractivity contribution in [2.45, 2.75) is 51.3 Å². The number of aliphatic carboxylic acids is 1. The summed E-state index contributed by atoms with van der Waals surface area (Å²) >= 11 is 0. The molecule has 3 saturated heterocycles. The Morgan fingerprint density at radius 3 is 2.34 bits per heavy atom. The largest absolute Gasteiger partial charge is 0.490 e. The first kappa shape index (κ1) is 30.7. The van der Waals surface area contributed by atoms with Crippen LogP contribution in [0.1, 0.15) is 32.6 Å². The number of carbonyl (C=O) groups is 2. The van der Waals surface area contributed by atoms with Crippen LogP contribution in [0.5, 0.6) is 0 Å². The predicted molar refractivity (Wildman–Crippen MR) is 140 cm³/mol. The second-order valence-electron chi connectivity index (χ2n) is 10.7. The number of fused-ring (bicyclic) bond motifs is 1. The molecule has 11 nitrogen and oxygen atoms in total. The second kappa shape index (κ2) is 12.7. The fourth-order valence-corrected chi connectivity index (χ4v) is 5.50. The van der Waals surface area contributed by atoms with Crippen LogP contribution in [0.2, 0.25) is 0 Å². The minimum atomic E-state index is -5.08. The lowest BCUT2D eigenvalue weighted by atomic mass is 9.96. The molecule has 0 spiro atoms. The summed E-state index contributed by atoms with van der Waals surface area (Å²) < 4.78 is 59.5. The van der Waals surface area contributed by atoms with E-state index >= 15 is 0 Å². The number of halogens is 5. The van der Waals surface area contributed by atoms with Crippen LogP contribution < -0.4 is 9.80 Å². The number of piperazine rings is 1. The fraction of sp³-hybridized carbons (Fsp3) is 0.720. The molecule has 3 aliphatic rings. The number of carboxylic acid groups (broad SMARTS) is 1. The van der Waals surface area contributed by atoms with E-state index in [2.05, 4.69) is 14.8 Å². The minimum absolute atomic E-state index is 0.00368. The van der Waals surface area contributed by atoms with E-state index in [-0.39, 0.29) is 12.6 Å². The molecule has 0 radical (unpaired) electrons. The highest BCUT2D eigenvalue weighted by Crippen LogP contribution is 2.30. The van der Waals surface area contributed by atoms with Gasteiger partial charge in [-0.2, -0.15) is 23.1 Å². The van der Waals surface area contributed by atoms with Gasteiger partial charge >= 0.3 is 12.1 Å². The number of likely N-dealkylation sites (tertiary alicyclic amines) is 1. The maximum atomic E-state index is 12.9. The van der Waals surface area contributed by atoms with Crippen molar-refractivity contribution in [3.63, 3.8) is 0 Å². The summed E-state index contributed by atoms with van der Waals surface area (Å²) in [5.41, 5.74) is 1.54. The Hall–Kier alpha value is -3.30. The molecule has 1 atom stereocenters. The van der Waals surface area contributed by atoms with Crippen LogP contribution in [0, 0.1) is 5.92 Å². The summed E-state index contributed by atoms with van der Waals surface area (Å²) in [4.78, 5) is 43.5. The lowest BCUT2D eigenvalue weighted by molar-refractivity contribution is -0.192. The van der Waals surface area contributed by atoms with E-state index in [1.807, 2.05) is 28.3 Å². The smallest absolute Gasteiger partial charge is 0.475 e. The number of carbonyl (C=O) groups excluding carboxylic acids is 1. The number of hydrogen-bond donors (Lipinski definition) is 1. The molecule has 1 amide bonds. The zero-order chi connectivity index (χ0) is 29.9. The number of nitrogens with zero attached hydrogens (tertiary/aromatic N) is 8. The Labute approximate surface area is 233 Å². The quantitative estimate of drug-likeness (QED) is 0.508. The van der Waals surface area contributed by atoms with Crippen molar-refractivity contribution in [3.05, 3.63) is 6.33 Å². The van der Waals surface area contributed by atoms with Crippen molar-refractivity contribution in [3.8, 4) is 0 Å². The van der Waals surface area contributed by atoms with Crippen LogP contribution >= 0.6 is 0 Å². The van der Waals surface area contributed by atoms with Gasteiger partial charge in [0.1, 0.15) is 0 Å². The maximum absolute atomic E-state index is 12.9. The number of hydrogen-bond acceptors (Lipinski definition) is 8. The fourth-order valence-electron chi connectivity index (χ4n) is 5.50.